The van der Waals surface area contributed by atoms with E-state index in [-0.39, 0.29) is 12.1 Å². The van der Waals surface area contributed by atoms with Crippen molar-refractivity contribution < 1.29 is 8.78 Å². The van der Waals surface area contributed by atoms with Gasteiger partial charge in [-0.25, -0.2) is 8.78 Å². The monoisotopic (exact) mass is 314 g/mol. The van der Waals surface area contributed by atoms with Gasteiger partial charge in [-0.1, -0.05) is 0 Å². The Balaban J connectivity index is 3.23. The average Bonchev–Trinajstić information content (AvgIpc) is 2.09. The second kappa shape index (κ2) is 4.43. The lowest BCUT2D eigenvalue weighted by Crippen LogP contribution is -2.03. The molecule has 0 radical (unpaired) electrons. The third-order valence-electron chi connectivity index (χ3n) is 1.49. The predicted octanol–water partition coefficient (Wildman–Crippen LogP) is 3.00. The molecule has 0 unspecified atom stereocenters. The maximum Gasteiger partial charge on any atom is 0.266 e. The summed E-state index contributed by atoms with van der Waals surface area (Å²) in [6.45, 7) is 0.211. The van der Waals surface area contributed by atoms with E-state index < -0.39 is 6.43 Å². The molecule has 1 heterocycles. The van der Waals surface area contributed by atoms with E-state index in [1.807, 2.05) is 0 Å². The average molecular weight is 316 g/mol. The third-order valence-corrected chi connectivity index (χ3v) is 3.73. The van der Waals surface area contributed by atoms with Crippen molar-refractivity contribution >= 4 is 31.9 Å². The SMILES string of the molecule is NCc1ncc(C(F)F)c(Br)c1Br. The maximum atomic E-state index is 12.3. The highest BCUT2D eigenvalue weighted by atomic mass is 79.9. The summed E-state index contributed by atoms with van der Waals surface area (Å²) in [6, 6.07) is 0. The summed E-state index contributed by atoms with van der Waals surface area (Å²) in [6.07, 6.45) is -1.41. The molecule has 2 nitrogen and oxygen atoms in total. The van der Waals surface area contributed by atoms with Crippen LogP contribution in [-0.2, 0) is 6.54 Å². The molecule has 0 aliphatic heterocycles. The summed E-state index contributed by atoms with van der Waals surface area (Å²) >= 11 is 6.19. The highest BCUT2D eigenvalue weighted by Gasteiger charge is 2.16. The first-order valence-electron chi connectivity index (χ1n) is 3.39. The first-order valence-corrected chi connectivity index (χ1v) is 4.97. The van der Waals surface area contributed by atoms with Crippen molar-refractivity contribution in [1.82, 2.24) is 4.98 Å². The van der Waals surface area contributed by atoms with Crippen LogP contribution in [0.15, 0.2) is 15.1 Å². The Morgan fingerprint density at radius 3 is 2.46 bits per heavy atom. The van der Waals surface area contributed by atoms with Crippen LogP contribution >= 0.6 is 31.9 Å². The molecule has 0 aliphatic carbocycles. The Morgan fingerprint density at radius 1 is 1.38 bits per heavy atom. The molecule has 0 fully saturated rings. The summed E-state index contributed by atoms with van der Waals surface area (Å²) < 4.78 is 25.5. The first kappa shape index (κ1) is 11.0. The topological polar surface area (TPSA) is 38.9 Å². The summed E-state index contributed by atoms with van der Waals surface area (Å²) in [4.78, 5) is 3.80. The lowest BCUT2D eigenvalue weighted by atomic mass is 10.2. The van der Waals surface area contributed by atoms with Gasteiger partial charge in [-0.3, -0.25) is 4.98 Å². The molecule has 72 valence electrons. The summed E-state index contributed by atoms with van der Waals surface area (Å²) in [5.41, 5.74) is 5.76. The van der Waals surface area contributed by atoms with Gasteiger partial charge in [0.05, 0.1) is 15.7 Å². The van der Waals surface area contributed by atoms with E-state index in [1.54, 1.807) is 0 Å². The molecule has 2 N–H and O–H groups in total. The number of nitrogens with two attached hydrogens (primary N) is 1. The molecule has 0 saturated carbocycles. The highest BCUT2D eigenvalue weighted by molar-refractivity contribution is 9.13. The van der Waals surface area contributed by atoms with Crippen molar-refractivity contribution in [2.24, 2.45) is 5.73 Å². The van der Waals surface area contributed by atoms with Gasteiger partial charge >= 0.3 is 0 Å². The van der Waals surface area contributed by atoms with Gasteiger partial charge in [-0.2, -0.15) is 0 Å². The van der Waals surface area contributed by atoms with E-state index in [0.29, 0.717) is 14.6 Å². The minimum Gasteiger partial charge on any atom is -0.325 e. The Kier molecular flexibility index (Phi) is 3.75. The third kappa shape index (κ3) is 2.24. The molecule has 0 bridgehead atoms. The molecule has 0 aromatic carbocycles. The van der Waals surface area contributed by atoms with Crippen LogP contribution in [-0.4, -0.2) is 4.98 Å². The summed E-state index contributed by atoms with van der Waals surface area (Å²) in [5, 5.41) is 0. The zero-order chi connectivity index (χ0) is 10.0. The van der Waals surface area contributed by atoms with E-state index in [2.05, 4.69) is 36.8 Å². The Labute approximate surface area is 90.8 Å². The molecular formula is C7H6Br2F2N2. The molecule has 1 rings (SSSR count). The fraction of sp³-hybridized carbons (Fsp3) is 0.286. The van der Waals surface area contributed by atoms with Gasteiger partial charge in [0.1, 0.15) is 0 Å². The lowest BCUT2D eigenvalue weighted by molar-refractivity contribution is 0.150. The van der Waals surface area contributed by atoms with E-state index in [9.17, 15) is 8.78 Å². The van der Waals surface area contributed by atoms with Gasteiger partial charge in [0.2, 0.25) is 0 Å². The molecule has 13 heavy (non-hydrogen) atoms. The number of rotatable bonds is 2. The maximum absolute atomic E-state index is 12.3. The Bertz CT molecular complexity index is 318. The Morgan fingerprint density at radius 2 is 2.00 bits per heavy atom. The van der Waals surface area contributed by atoms with Crippen molar-refractivity contribution in [2.75, 3.05) is 0 Å². The van der Waals surface area contributed by atoms with E-state index in [0.717, 1.165) is 6.20 Å². The highest BCUT2D eigenvalue weighted by Crippen LogP contribution is 2.33. The smallest absolute Gasteiger partial charge is 0.266 e. The van der Waals surface area contributed by atoms with Crippen LogP contribution in [0.4, 0.5) is 8.78 Å². The zero-order valence-electron chi connectivity index (χ0n) is 6.40. The molecule has 0 atom stereocenters. The quantitative estimate of drug-likeness (QED) is 0.911. The number of nitrogens with zero attached hydrogens (tertiary/aromatic N) is 1. The minimum absolute atomic E-state index is 0.135. The van der Waals surface area contributed by atoms with Crippen LogP contribution in [0.25, 0.3) is 0 Å². The van der Waals surface area contributed by atoms with Crippen molar-refractivity contribution in [3.63, 3.8) is 0 Å². The van der Waals surface area contributed by atoms with E-state index in [4.69, 9.17) is 5.73 Å². The molecule has 0 amide bonds. The zero-order valence-corrected chi connectivity index (χ0v) is 9.57. The van der Waals surface area contributed by atoms with Crippen LogP contribution in [0.3, 0.4) is 0 Å². The van der Waals surface area contributed by atoms with Gasteiger partial charge in [-0.05, 0) is 31.9 Å². The van der Waals surface area contributed by atoms with Crippen molar-refractivity contribution in [2.45, 2.75) is 13.0 Å². The molecular weight excluding hydrogens is 310 g/mol. The van der Waals surface area contributed by atoms with Crippen LogP contribution in [0.5, 0.6) is 0 Å². The number of aromatic nitrogens is 1. The Hall–Kier alpha value is -0.0700. The number of alkyl halides is 2. The molecule has 0 saturated heterocycles. The van der Waals surface area contributed by atoms with Crippen LogP contribution in [0, 0.1) is 0 Å². The largest absolute Gasteiger partial charge is 0.325 e. The number of halogens is 4. The van der Waals surface area contributed by atoms with Gasteiger partial charge in [0, 0.05) is 17.2 Å². The standard InChI is InChI=1S/C7H6Br2F2N2/c8-5-3(7(10)11)2-13-4(1-12)6(5)9/h2,7H,1,12H2. The second-order valence-corrected chi connectivity index (χ2v) is 3.88. The summed E-state index contributed by atoms with van der Waals surface area (Å²) in [5.74, 6) is 0. The molecule has 6 heteroatoms. The number of hydrogen-bond donors (Lipinski definition) is 1. The first-order chi connectivity index (χ1) is 6.07. The van der Waals surface area contributed by atoms with Crippen molar-refractivity contribution in [3.8, 4) is 0 Å². The van der Waals surface area contributed by atoms with Crippen LogP contribution in [0.2, 0.25) is 0 Å². The molecule has 0 spiro atoms. The summed E-state index contributed by atoms with van der Waals surface area (Å²) in [7, 11) is 0. The van der Waals surface area contributed by atoms with Crippen molar-refractivity contribution in [3.05, 3.63) is 26.4 Å². The fourth-order valence-electron chi connectivity index (χ4n) is 0.809. The van der Waals surface area contributed by atoms with E-state index >= 15 is 0 Å². The molecule has 0 aliphatic rings. The number of hydrogen-bond acceptors (Lipinski definition) is 2. The predicted molar refractivity (Wildman–Crippen MR) is 52.5 cm³/mol. The second-order valence-electron chi connectivity index (χ2n) is 2.29. The van der Waals surface area contributed by atoms with Crippen LogP contribution in [0.1, 0.15) is 17.7 Å². The van der Waals surface area contributed by atoms with E-state index in [1.165, 1.54) is 0 Å². The molecule has 1 aromatic heterocycles. The minimum atomic E-state index is -2.54. The van der Waals surface area contributed by atoms with Crippen LogP contribution < -0.4 is 5.73 Å². The van der Waals surface area contributed by atoms with Crippen molar-refractivity contribution in [1.29, 1.82) is 0 Å². The molecule has 1 aromatic rings. The number of pyridine rings is 1. The lowest BCUT2D eigenvalue weighted by Gasteiger charge is -2.07. The van der Waals surface area contributed by atoms with Gasteiger partial charge in [-0.15, -0.1) is 0 Å². The van der Waals surface area contributed by atoms with Gasteiger partial charge in [0.25, 0.3) is 6.43 Å². The normalized spacial score (nSPS) is 10.9. The van der Waals surface area contributed by atoms with Gasteiger partial charge in [0.15, 0.2) is 0 Å². The fourth-order valence-corrected chi connectivity index (χ4v) is 1.81. The van der Waals surface area contributed by atoms with Gasteiger partial charge < -0.3 is 5.73 Å².